The number of hydrogen-bond donors (Lipinski definition) is 0. The highest BCUT2D eigenvalue weighted by Crippen LogP contribution is 2.18. The van der Waals surface area contributed by atoms with Gasteiger partial charge in [-0.3, -0.25) is 19.1 Å². The molecule has 0 aliphatic carbocycles. The molecule has 0 saturated carbocycles. The van der Waals surface area contributed by atoms with Crippen molar-refractivity contribution >= 4 is 17.7 Å². The molecular formula is C27H39N5O5. The molecule has 0 N–H and O–H groups in total. The molecule has 10 heteroatoms. The number of likely N-dealkylation sites (N-methyl/N-ethyl adjacent to an activating group) is 1. The summed E-state index contributed by atoms with van der Waals surface area (Å²) in [6, 6.07) is 9.30. The molecule has 0 spiro atoms. The molecule has 0 bridgehead atoms. The number of hydrogen-bond acceptors (Lipinski definition) is 6. The van der Waals surface area contributed by atoms with Crippen LogP contribution < -0.4 is 4.74 Å². The van der Waals surface area contributed by atoms with Crippen molar-refractivity contribution in [1.82, 2.24) is 24.5 Å². The van der Waals surface area contributed by atoms with E-state index in [2.05, 4.69) is 12.0 Å². The topological polar surface area (TPSA) is 97.2 Å². The van der Waals surface area contributed by atoms with E-state index in [4.69, 9.17) is 9.47 Å². The van der Waals surface area contributed by atoms with Crippen LogP contribution in [-0.4, -0.2) is 94.7 Å². The predicted molar refractivity (Wildman–Crippen MR) is 139 cm³/mol. The first kappa shape index (κ1) is 28.2. The fourth-order valence-electron chi connectivity index (χ4n) is 4.47. The van der Waals surface area contributed by atoms with E-state index in [1.807, 2.05) is 38.1 Å². The van der Waals surface area contributed by atoms with Gasteiger partial charge in [-0.15, -0.1) is 0 Å². The number of ether oxygens (including phenoxy) is 2. The van der Waals surface area contributed by atoms with Crippen molar-refractivity contribution in [1.29, 1.82) is 0 Å². The summed E-state index contributed by atoms with van der Waals surface area (Å²) in [6.07, 6.45) is 1.18. The third-order valence-electron chi connectivity index (χ3n) is 6.56. The average molecular weight is 514 g/mol. The number of nitrogens with zero attached hydrogens (tertiary/aromatic N) is 5. The second-order valence-corrected chi connectivity index (χ2v) is 9.20. The Hall–Kier alpha value is -3.40. The molecule has 1 saturated heterocycles. The number of aromatic nitrogens is 2. The maximum absolute atomic E-state index is 13.5. The molecule has 1 aliphatic heterocycles. The molecule has 0 unspecified atom stereocenters. The minimum Gasteiger partial charge on any atom is -0.497 e. The zero-order chi connectivity index (χ0) is 26.9. The summed E-state index contributed by atoms with van der Waals surface area (Å²) in [7, 11) is 3.34. The number of methoxy groups -OCH3 is 1. The lowest BCUT2D eigenvalue weighted by Gasteiger charge is -2.26. The maximum Gasteiger partial charge on any atom is 0.272 e. The van der Waals surface area contributed by atoms with Gasteiger partial charge in [0, 0.05) is 39.8 Å². The molecule has 37 heavy (non-hydrogen) atoms. The van der Waals surface area contributed by atoms with Crippen LogP contribution in [0, 0.1) is 0 Å². The fraction of sp³-hybridized carbons (Fsp3) is 0.556. The Morgan fingerprint density at radius 3 is 2.43 bits per heavy atom. The third-order valence-corrected chi connectivity index (χ3v) is 6.56. The highest BCUT2D eigenvalue weighted by molar-refractivity contribution is 5.95. The molecule has 1 aliphatic rings. The molecule has 3 rings (SSSR count). The Morgan fingerprint density at radius 2 is 1.81 bits per heavy atom. The van der Waals surface area contributed by atoms with Crippen molar-refractivity contribution in [2.45, 2.75) is 46.3 Å². The summed E-state index contributed by atoms with van der Waals surface area (Å²) in [5.41, 5.74) is 2.20. The van der Waals surface area contributed by atoms with Crippen LogP contribution in [0.25, 0.3) is 0 Å². The Labute approximate surface area is 219 Å². The van der Waals surface area contributed by atoms with Gasteiger partial charge in [-0.1, -0.05) is 25.5 Å². The van der Waals surface area contributed by atoms with Gasteiger partial charge >= 0.3 is 0 Å². The number of amides is 3. The Kier molecular flexibility index (Phi) is 10.1. The largest absolute Gasteiger partial charge is 0.497 e. The minimum atomic E-state index is -0.517. The minimum absolute atomic E-state index is 0.0763. The summed E-state index contributed by atoms with van der Waals surface area (Å²) in [5, 5.41) is 4.44. The van der Waals surface area contributed by atoms with Crippen LogP contribution in [0.2, 0.25) is 0 Å². The highest BCUT2D eigenvalue weighted by atomic mass is 16.5. The first-order valence-corrected chi connectivity index (χ1v) is 12.9. The van der Waals surface area contributed by atoms with Crippen molar-refractivity contribution in [2.24, 2.45) is 7.05 Å². The van der Waals surface area contributed by atoms with Crippen LogP contribution in [0.15, 0.2) is 30.3 Å². The van der Waals surface area contributed by atoms with Crippen molar-refractivity contribution in [2.75, 3.05) is 46.4 Å². The third kappa shape index (κ3) is 7.31. The summed E-state index contributed by atoms with van der Waals surface area (Å²) >= 11 is 0. The van der Waals surface area contributed by atoms with Gasteiger partial charge in [-0.2, -0.15) is 5.10 Å². The fourth-order valence-corrected chi connectivity index (χ4v) is 4.47. The van der Waals surface area contributed by atoms with Gasteiger partial charge in [0.2, 0.25) is 11.8 Å². The first-order valence-electron chi connectivity index (χ1n) is 12.9. The van der Waals surface area contributed by atoms with E-state index in [9.17, 15) is 14.4 Å². The van der Waals surface area contributed by atoms with E-state index in [1.165, 1.54) is 4.90 Å². The first-order chi connectivity index (χ1) is 17.8. The summed E-state index contributed by atoms with van der Waals surface area (Å²) in [6.45, 7) is 7.73. The lowest BCUT2D eigenvalue weighted by Crippen LogP contribution is -2.42. The molecule has 202 valence electrons. The van der Waals surface area contributed by atoms with Gasteiger partial charge in [0.05, 0.1) is 18.9 Å². The van der Waals surface area contributed by atoms with Crippen molar-refractivity contribution < 1.29 is 23.9 Å². The van der Waals surface area contributed by atoms with Crippen LogP contribution in [0.1, 0.15) is 48.9 Å². The van der Waals surface area contributed by atoms with Crippen LogP contribution in [-0.2, 0) is 34.3 Å². The van der Waals surface area contributed by atoms with Crippen LogP contribution in [0.4, 0.5) is 0 Å². The SMILES string of the molecule is CCCc1cc(C(=O)N2CC(=O)N(Cc3ccc(OC)cc3)C[C@H](OCC(=O)N(CC)CC)C2)n(C)n1. The van der Waals surface area contributed by atoms with E-state index in [0.29, 0.717) is 25.3 Å². The quantitative estimate of drug-likeness (QED) is 0.457. The summed E-state index contributed by atoms with van der Waals surface area (Å²) < 4.78 is 12.8. The molecule has 3 amide bonds. The normalized spacial score (nSPS) is 16.0. The van der Waals surface area contributed by atoms with Gasteiger partial charge in [0.1, 0.15) is 24.6 Å². The molecule has 1 aromatic heterocycles. The monoisotopic (exact) mass is 513 g/mol. The van der Waals surface area contributed by atoms with E-state index < -0.39 is 6.10 Å². The number of carbonyl (C=O) groups is 3. The molecular weight excluding hydrogens is 474 g/mol. The Bertz CT molecular complexity index is 1060. The lowest BCUT2D eigenvalue weighted by molar-refractivity contribution is -0.138. The van der Waals surface area contributed by atoms with Gasteiger partial charge in [-0.25, -0.2) is 0 Å². The number of carbonyl (C=O) groups excluding carboxylic acids is 3. The predicted octanol–water partition coefficient (Wildman–Crippen LogP) is 2.12. The van der Waals surface area contributed by atoms with Crippen molar-refractivity contribution in [3.63, 3.8) is 0 Å². The van der Waals surface area contributed by atoms with E-state index in [0.717, 1.165) is 29.8 Å². The van der Waals surface area contributed by atoms with Gasteiger partial charge in [0.15, 0.2) is 0 Å². The van der Waals surface area contributed by atoms with E-state index >= 15 is 0 Å². The molecule has 2 aromatic rings. The molecule has 10 nitrogen and oxygen atoms in total. The molecule has 2 heterocycles. The van der Waals surface area contributed by atoms with Gasteiger partial charge < -0.3 is 24.2 Å². The van der Waals surface area contributed by atoms with Crippen molar-refractivity contribution in [3.8, 4) is 5.75 Å². The molecule has 1 aromatic carbocycles. The maximum atomic E-state index is 13.5. The van der Waals surface area contributed by atoms with Crippen LogP contribution in [0.5, 0.6) is 5.75 Å². The Morgan fingerprint density at radius 1 is 1.11 bits per heavy atom. The zero-order valence-electron chi connectivity index (χ0n) is 22.6. The smallest absolute Gasteiger partial charge is 0.272 e. The second-order valence-electron chi connectivity index (χ2n) is 9.20. The second kappa shape index (κ2) is 13.2. The molecule has 0 radical (unpaired) electrons. The molecule has 1 atom stereocenters. The van der Waals surface area contributed by atoms with Crippen LogP contribution in [0.3, 0.4) is 0 Å². The molecule has 1 fully saturated rings. The highest BCUT2D eigenvalue weighted by Gasteiger charge is 2.33. The van der Waals surface area contributed by atoms with Gasteiger partial charge in [-0.05, 0) is 44.0 Å². The van der Waals surface area contributed by atoms with E-state index in [1.54, 1.807) is 34.7 Å². The zero-order valence-corrected chi connectivity index (χ0v) is 22.6. The van der Waals surface area contributed by atoms with Crippen molar-refractivity contribution in [3.05, 3.63) is 47.3 Å². The van der Waals surface area contributed by atoms with Gasteiger partial charge in [0.25, 0.3) is 5.91 Å². The lowest BCUT2D eigenvalue weighted by atomic mass is 10.2. The number of aryl methyl sites for hydroxylation is 2. The Balaban J connectivity index is 1.81. The van der Waals surface area contributed by atoms with Crippen LogP contribution >= 0.6 is 0 Å². The summed E-state index contributed by atoms with van der Waals surface area (Å²) in [4.78, 5) is 44.3. The average Bonchev–Trinajstić information content (AvgIpc) is 3.18. The standard InChI is InChI=1S/C27H39N5O5/c1-6-9-21-14-24(29(4)28-21)27(35)32-17-23(37-19-26(34)30(7-2)8-3)16-31(25(33)18-32)15-20-10-12-22(36-5)13-11-20/h10-14,23H,6-9,15-19H2,1-5H3/t23-/m0/s1. The number of benzene rings is 1. The summed E-state index contributed by atoms with van der Waals surface area (Å²) in [5.74, 6) is 0.162. The number of rotatable bonds is 11. The van der Waals surface area contributed by atoms with E-state index in [-0.39, 0.29) is 44.0 Å².